The molecule has 20 heavy (non-hydrogen) atoms. The summed E-state index contributed by atoms with van der Waals surface area (Å²) in [5.41, 5.74) is 0.878. The molecule has 0 spiro atoms. The number of aromatic nitrogens is 2. The minimum atomic E-state index is -3.80. The second-order valence-electron chi connectivity index (χ2n) is 4.26. The van der Waals surface area contributed by atoms with Gasteiger partial charge in [0.05, 0.1) is 6.54 Å². The lowest BCUT2D eigenvalue weighted by Crippen LogP contribution is -2.12. The Kier molecular flexibility index (Phi) is 4.53. The largest absolute Gasteiger partial charge is 0.329 e. The third-order valence-electron chi connectivity index (χ3n) is 2.80. The van der Waals surface area contributed by atoms with Crippen LogP contribution in [0.2, 0.25) is 5.02 Å². The summed E-state index contributed by atoms with van der Waals surface area (Å²) in [6, 6.07) is 5.55. The van der Waals surface area contributed by atoms with Crippen molar-refractivity contribution in [2.45, 2.75) is 24.9 Å². The van der Waals surface area contributed by atoms with Gasteiger partial charge in [0.2, 0.25) is 0 Å². The third-order valence-corrected chi connectivity index (χ3v) is 4.43. The molecule has 2 N–H and O–H groups in total. The van der Waals surface area contributed by atoms with Crippen LogP contribution in [0.5, 0.6) is 0 Å². The fourth-order valence-corrected chi connectivity index (χ4v) is 3.06. The van der Waals surface area contributed by atoms with Gasteiger partial charge in [-0.15, -0.1) is 0 Å². The summed E-state index contributed by atoms with van der Waals surface area (Å²) in [5.74, 6) is 0.646. The van der Waals surface area contributed by atoms with Gasteiger partial charge in [-0.25, -0.2) is 18.5 Å². The summed E-state index contributed by atoms with van der Waals surface area (Å²) < 4.78 is 25.3. The molecule has 8 heteroatoms. The molecule has 0 radical (unpaired) electrons. The number of hydrogen-bond acceptors (Lipinski definition) is 3. The molecule has 0 bridgehead atoms. The highest BCUT2D eigenvalue weighted by atomic mass is 79.9. The molecule has 0 aliphatic rings. The molecular formula is C12H13BrClN3O2S. The molecule has 0 unspecified atom stereocenters. The summed E-state index contributed by atoms with van der Waals surface area (Å²) in [7, 11) is -3.80. The lowest BCUT2D eigenvalue weighted by Gasteiger charge is -2.08. The second kappa shape index (κ2) is 5.85. The molecule has 0 amide bonds. The highest BCUT2D eigenvalue weighted by Crippen LogP contribution is 2.23. The second-order valence-corrected chi connectivity index (χ2v) is 7.09. The quantitative estimate of drug-likeness (QED) is 0.888. The smallest absolute Gasteiger partial charge is 0.257 e. The number of nitrogens with zero attached hydrogens (tertiary/aromatic N) is 2. The zero-order valence-corrected chi connectivity index (χ0v) is 13.8. The van der Waals surface area contributed by atoms with Crippen molar-refractivity contribution in [2.24, 2.45) is 5.14 Å². The Labute approximate surface area is 130 Å². The Morgan fingerprint density at radius 1 is 1.45 bits per heavy atom. The van der Waals surface area contributed by atoms with E-state index in [0.717, 1.165) is 10.0 Å². The van der Waals surface area contributed by atoms with Crippen molar-refractivity contribution in [3.05, 3.63) is 45.3 Å². The van der Waals surface area contributed by atoms with Crippen molar-refractivity contribution in [2.75, 3.05) is 0 Å². The molecule has 5 nitrogen and oxygen atoms in total. The van der Waals surface area contributed by atoms with Crippen molar-refractivity contribution in [3.63, 3.8) is 0 Å². The lowest BCUT2D eigenvalue weighted by molar-refractivity contribution is 0.594. The van der Waals surface area contributed by atoms with E-state index in [1.165, 1.54) is 6.20 Å². The molecule has 1 heterocycles. The van der Waals surface area contributed by atoms with Gasteiger partial charge in [0.25, 0.3) is 10.0 Å². The zero-order valence-electron chi connectivity index (χ0n) is 10.7. The minimum absolute atomic E-state index is 0.123. The molecule has 1 aromatic heterocycles. The zero-order chi connectivity index (χ0) is 14.9. The standard InChI is InChI=1S/C12H13BrClN3O2S/c1-2-11-16-12(20(15,18)19)7-17(11)6-8-3-4-9(13)5-10(8)14/h3-5,7H,2,6H2,1H3,(H2,15,18,19). The molecule has 0 fully saturated rings. The van der Waals surface area contributed by atoms with Crippen LogP contribution in [0.1, 0.15) is 18.3 Å². The van der Waals surface area contributed by atoms with Crippen LogP contribution >= 0.6 is 27.5 Å². The maximum Gasteiger partial charge on any atom is 0.257 e. The van der Waals surface area contributed by atoms with Crippen LogP contribution in [-0.2, 0) is 23.0 Å². The monoisotopic (exact) mass is 377 g/mol. The summed E-state index contributed by atoms with van der Waals surface area (Å²) in [6.07, 6.45) is 2.04. The maximum absolute atomic E-state index is 11.3. The highest BCUT2D eigenvalue weighted by molar-refractivity contribution is 9.10. The highest BCUT2D eigenvalue weighted by Gasteiger charge is 2.16. The normalized spacial score (nSPS) is 11.8. The molecule has 0 saturated heterocycles. The van der Waals surface area contributed by atoms with Gasteiger partial charge >= 0.3 is 0 Å². The number of aryl methyl sites for hydroxylation is 1. The van der Waals surface area contributed by atoms with Gasteiger partial charge < -0.3 is 4.57 Å². The third kappa shape index (κ3) is 3.41. The van der Waals surface area contributed by atoms with Gasteiger partial charge in [-0.1, -0.05) is 40.5 Å². The predicted molar refractivity (Wildman–Crippen MR) is 81.2 cm³/mol. The van der Waals surface area contributed by atoms with Crippen LogP contribution in [0.15, 0.2) is 33.9 Å². The summed E-state index contributed by atoms with van der Waals surface area (Å²) in [4.78, 5) is 4.04. The average molecular weight is 379 g/mol. The molecule has 1 aromatic carbocycles. The van der Waals surface area contributed by atoms with E-state index >= 15 is 0 Å². The first-order valence-electron chi connectivity index (χ1n) is 5.84. The van der Waals surface area contributed by atoms with Crippen LogP contribution in [0.25, 0.3) is 0 Å². The number of benzene rings is 1. The van der Waals surface area contributed by atoms with Crippen LogP contribution in [0.3, 0.4) is 0 Å². The topological polar surface area (TPSA) is 78.0 Å². The van der Waals surface area contributed by atoms with E-state index in [1.54, 1.807) is 10.6 Å². The van der Waals surface area contributed by atoms with E-state index in [0.29, 0.717) is 23.8 Å². The SMILES string of the molecule is CCc1nc(S(N)(=O)=O)cn1Cc1ccc(Br)cc1Cl. The molecule has 0 atom stereocenters. The Morgan fingerprint density at radius 3 is 2.70 bits per heavy atom. The van der Waals surface area contributed by atoms with Crippen LogP contribution in [-0.4, -0.2) is 18.0 Å². The van der Waals surface area contributed by atoms with E-state index in [2.05, 4.69) is 20.9 Å². The molecule has 0 saturated carbocycles. The van der Waals surface area contributed by atoms with Gasteiger partial charge in [0, 0.05) is 22.1 Å². The Balaban J connectivity index is 2.40. The Morgan fingerprint density at radius 2 is 2.15 bits per heavy atom. The number of primary sulfonamides is 1. The predicted octanol–water partition coefficient (Wildman–Crippen LogP) is 2.56. The molecular weight excluding hydrogens is 366 g/mol. The van der Waals surface area contributed by atoms with Crippen LogP contribution in [0.4, 0.5) is 0 Å². The fourth-order valence-electron chi connectivity index (χ4n) is 1.82. The van der Waals surface area contributed by atoms with Crippen molar-refractivity contribution >= 4 is 37.6 Å². The summed E-state index contributed by atoms with van der Waals surface area (Å²) in [6.45, 7) is 2.34. The number of nitrogens with two attached hydrogens (primary N) is 1. The van der Waals surface area contributed by atoms with E-state index in [4.69, 9.17) is 16.7 Å². The first-order chi connectivity index (χ1) is 9.31. The number of sulfonamides is 1. The lowest BCUT2D eigenvalue weighted by atomic mass is 10.2. The number of hydrogen-bond donors (Lipinski definition) is 1. The van der Waals surface area contributed by atoms with Crippen molar-refractivity contribution in [1.29, 1.82) is 0 Å². The number of rotatable bonds is 4. The molecule has 2 rings (SSSR count). The first-order valence-corrected chi connectivity index (χ1v) is 8.55. The number of imidazole rings is 1. The minimum Gasteiger partial charge on any atom is -0.329 e. The maximum atomic E-state index is 11.3. The Hall–Kier alpha value is -0.890. The van der Waals surface area contributed by atoms with Crippen LogP contribution < -0.4 is 5.14 Å². The Bertz CT molecular complexity index is 743. The van der Waals surface area contributed by atoms with Crippen molar-refractivity contribution < 1.29 is 8.42 Å². The average Bonchev–Trinajstić information content (AvgIpc) is 2.75. The van der Waals surface area contributed by atoms with E-state index in [1.807, 2.05) is 19.1 Å². The van der Waals surface area contributed by atoms with Crippen LogP contribution in [0, 0.1) is 0 Å². The molecule has 108 valence electrons. The van der Waals surface area contributed by atoms with Gasteiger partial charge in [-0.3, -0.25) is 0 Å². The molecule has 0 aliphatic carbocycles. The molecule has 2 aromatic rings. The molecule has 0 aliphatic heterocycles. The first kappa shape index (κ1) is 15.5. The van der Waals surface area contributed by atoms with E-state index in [-0.39, 0.29) is 5.03 Å². The van der Waals surface area contributed by atoms with E-state index in [9.17, 15) is 8.42 Å². The van der Waals surface area contributed by atoms with Crippen molar-refractivity contribution in [3.8, 4) is 0 Å². The van der Waals surface area contributed by atoms with Crippen molar-refractivity contribution in [1.82, 2.24) is 9.55 Å². The summed E-state index contributed by atoms with van der Waals surface area (Å²) in [5, 5.41) is 5.58. The number of halogens is 2. The summed E-state index contributed by atoms with van der Waals surface area (Å²) >= 11 is 9.51. The van der Waals surface area contributed by atoms with Gasteiger partial charge in [-0.05, 0) is 17.7 Å². The van der Waals surface area contributed by atoms with Gasteiger partial charge in [0.1, 0.15) is 5.82 Å². The van der Waals surface area contributed by atoms with Gasteiger partial charge in [-0.2, -0.15) is 0 Å². The fraction of sp³-hybridized carbons (Fsp3) is 0.250. The van der Waals surface area contributed by atoms with E-state index < -0.39 is 10.0 Å². The van der Waals surface area contributed by atoms with Gasteiger partial charge in [0.15, 0.2) is 5.03 Å².